The Morgan fingerprint density at radius 2 is 1.79 bits per heavy atom. The first-order chi connectivity index (χ1) is 9.38. The molecule has 2 saturated carbocycles. The van der Waals surface area contributed by atoms with Crippen molar-refractivity contribution >= 4 is 0 Å². The first-order valence-electron chi connectivity index (χ1n) is 8.85. The summed E-state index contributed by atoms with van der Waals surface area (Å²) in [7, 11) is 0. The second-order valence-electron chi connectivity index (χ2n) is 7.16. The fourth-order valence-electron chi connectivity index (χ4n) is 4.54. The summed E-state index contributed by atoms with van der Waals surface area (Å²) in [5.74, 6) is 2.20. The number of nitrogens with zero attached hydrogens (tertiary/aromatic N) is 1. The Hall–Kier alpha value is -0.0800. The second kappa shape index (κ2) is 6.58. The maximum absolute atomic E-state index is 3.62. The van der Waals surface area contributed by atoms with E-state index < -0.39 is 0 Å². The molecule has 0 spiro atoms. The van der Waals surface area contributed by atoms with Crippen molar-refractivity contribution in [1.29, 1.82) is 0 Å². The van der Waals surface area contributed by atoms with Gasteiger partial charge < -0.3 is 5.32 Å². The molecule has 1 saturated heterocycles. The van der Waals surface area contributed by atoms with Crippen LogP contribution in [-0.2, 0) is 0 Å². The minimum absolute atomic E-state index is 0.830. The molecule has 1 N–H and O–H groups in total. The molecule has 0 aromatic heterocycles. The van der Waals surface area contributed by atoms with Crippen LogP contribution in [0.25, 0.3) is 0 Å². The molecule has 3 fully saturated rings. The van der Waals surface area contributed by atoms with Crippen molar-refractivity contribution in [3.8, 4) is 0 Å². The van der Waals surface area contributed by atoms with Crippen molar-refractivity contribution in [3.05, 3.63) is 0 Å². The predicted octanol–water partition coefficient (Wildman–Crippen LogP) is 3.42. The largest absolute Gasteiger partial charge is 0.315 e. The van der Waals surface area contributed by atoms with E-state index in [0.29, 0.717) is 0 Å². The van der Waals surface area contributed by atoms with Crippen LogP contribution >= 0.6 is 0 Å². The summed E-state index contributed by atoms with van der Waals surface area (Å²) in [6.07, 6.45) is 13.2. The van der Waals surface area contributed by atoms with Gasteiger partial charge in [0.2, 0.25) is 0 Å². The third-order valence-corrected chi connectivity index (χ3v) is 5.67. The topological polar surface area (TPSA) is 15.3 Å². The van der Waals surface area contributed by atoms with E-state index in [4.69, 9.17) is 0 Å². The molecule has 3 unspecified atom stereocenters. The summed E-state index contributed by atoms with van der Waals surface area (Å²) >= 11 is 0. The molecule has 19 heavy (non-hydrogen) atoms. The van der Waals surface area contributed by atoms with Crippen LogP contribution in [-0.4, -0.2) is 36.6 Å². The van der Waals surface area contributed by atoms with E-state index in [1.165, 1.54) is 77.4 Å². The third-order valence-electron chi connectivity index (χ3n) is 5.67. The van der Waals surface area contributed by atoms with E-state index >= 15 is 0 Å². The van der Waals surface area contributed by atoms with Crippen LogP contribution in [0.3, 0.4) is 0 Å². The lowest BCUT2D eigenvalue weighted by Crippen LogP contribution is -2.52. The normalized spacial score (nSPS) is 36.6. The van der Waals surface area contributed by atoms with Crippen molar-refractivity contribution < 1.29 is 0 Å². The quantitative estimate of drug-likeness (QED) is 0.818. The molecule has 0 amide bonds. The highest BCUT2D eigenvalue weighted by Gasteiger charge is 2.37. The van der Waals surface area contributed by atoms with Crippen molar-refractivity contribution in [2.45, 2.75) is 76.8 Å². The molecule has 110 valence electrons. The number of hydrogen-bond acceptors (Lipinski definition) is 2. The van der Waals surface area contributed by atoms with Crippen molar-refractivity contribution in [3.63, 3.8) is 0 Å². The number of hydrogen-bond donors (Lipinski definition) is 1. The van der Waals surface area contributed by atoms with E-state index in [1.54, 1.807) is 0 Å². The molecule has 0 aromatic carbocycles. The number of nitrogens with one attached hydrogen (secondary N) is 1. The summed E-state index contributed by atoms with van der Waals surface area (Å²) in [6, 6.07) is 1.74. The van der Waals surface area contributed by atoms with E-state index in [9.17, 15) is 0 Å². The van der Waals surface area contributed by atoms with Gasteiger partial charge in [0.15, 0.2) is 0 Å². The molecule has 0 radical (unpaired) electrons. The van der Waals surface area contributed by atoms with Crippen LogP contribution in [0.4, 0.5) is 0 Å². The molecule has 2 nitrogen and oxygen atoms in total. The second-order valence-corrected chi connectivity index (χ2v) is 7.16. The molecule has 1 aliphatic heterocycles. The van der Waals surface area contributed by atoms with Crippen LogP contribution < -0.4 is 5.32 Å². The van der Waals surface area contributed by atoms with Gasteiger partial charge in [-0.25, -0.2) is 0 Å². The van der Waals surface area contributed by atoms with Gasteiger partial charge in [-0.3, -0.25) is 4.90 Å². The summed E-state index contributed by atoms with van der Waals surface area (Å²) < 4.78 is 0. The van der Waals surface area contributed by atoms with Gasteiger partial charge in [-0.05, 0) is 69.9 Å². The Morgan fingerprint density at radius 3 is 2.47 bits per heavy atom. The third kappa shape index (κ3) is 3.52. The van der Waals surface area contributed by atoms with E-state index in [2.05, 4.69) is 17.1 Å². The highest BCUT2D eigenvalue weighted by Crippen LogP contribution is 2.45. The smallest absolute Gasteiger partial charge is 0.0224 e. The number of piperidine rings is 1. The van der Waals surface area contributed by atoms with Crippen LogP contribution in [0.1, 0.15) is 64.7 Å². The van der Waals surface area contributed by atoms with Gasteiger partial charge in [0.1, 0.15) is 0 Å². The summed E-state index contributed by atoms with van der Waals surface area (Å²) in [6.45, 7) is 6.16. The van der Waals surface area contributed by atoms with Crippen LogP contribution in [0.2, 0.25) is 0 Å². The zero-order valence-electron chi connectivity index (χ0n) is 12.7. The zero-order valence-corrected chi connectivity index (χ0v) is 12.7. The van der Waals surface area contributed by atoms with Gasteiger partial charge in [-0.1, -0.05) is 19.8 Å². The Balaban J connectivity index is 1.60. The first-order valence-corrected chi connectivity index (χ1v) is 8.85. The van der Waals surface area contributed by atoms with Crippen molar-refractivity contribution in [2.75, 3.05) is 19.6 Å². The lowest BCUT2D eigenvalue weighted by molar-refractivity contribution is 0.0681. The van der Waals surface area contributed by atoms with E-state index in [-0.39, 0.29) is 0 Å². The maximum atomic E-state index is 3.62. The maximum Gasteiger partial charge on any atom is 0.0224 e. The number of rotatable bonds is 5. The highest BCUT2D eigenvalue weighted by atomic mass is 15.2. The zero-order chi connectivity index (χ0) is 13.1. The Morgan fingerprint density at radius 1 is 0.947 bits per heavy atom. The standard InChI is InChI=1S/C17H32N2/c1-2-11-19(17-7-4-10-18-13-17)16-6-3-5-15(12-16)14-8-9-14/h14-18H,2-13H2,1H3. The fraction of sp³-hybridized carbons (Fsp3) is 1.00. The monoisotopic (exact) mass is 264 g/mol. The lowest BCUT2D eigenvalue weighted by Gasteiger charge is -2.43. The summed E-state index contributed by atoms with van der Waals surface area (Å²) in [4.78, 5) is 2.90. The highest BCUT2D eigenvalue weighted by molar-refractivity contribution is 4.91. The van der Waals surface area contributed by atoms with Crippen molar-refractivity contribution in [2.24, 2.45) is 11.8 Å². The van der Waals surface area contributed by atoms with E-state index in [0.717, 1.165) is 23.9 Å². The summed E-state index contributed by atoms with van der Waals surface area (Å²) in [5.41, 5.74) is 0. The average Bonchev–Trinajstić information content (AvgIpc) is 3.30. The summed E-state index contributed by atoms with van der Waals surface area (Å²) in [5, 5.41) is 3.62. The van der Waals surface area contributed by atoms with Crippen LogP contribution in [0, 0.1) is 11.8 Å². The average molecular weight is 264 g/mol. The molecule has 1 heterocycles. The van der Waals surface area contributed by atoms with Gasteiger partial charge in [0, 0.05) is 18.6 Å². The van der Waals surface area contributed by atoms with Gasteiger partial charge >= 0.3 is 0 Å². The van der Waals surface area contributed by atoms with Crippen LogP contribution in [0.15, 0.2) is 0 Å². The Labute approximate surface area is 119 Å². The molecule has 3 rings (SSSR count). The molecule has 2 heteroatoms. The molecular weight excluding hydrogens is 232 g/mol. The van der Waals surface area contributed by atoms with Gasteiger partial charge in [-0.2, -0.15) is 0 Å². The predicted molar refractivity (Wildman–Crippen MR) is 81.4 cm³/mol. The molecule has 2 aliphatic carbocycles. The van der Waals surface area contributed by atoms with Crippen molar-refractivity contribution in [1.82, 2.24) is 10.2 Å². The van der Waals surface area contributed by atoms with E-state index in [1.807, 2.05) is 0 Å². The minimum Gasteiger partial charge on any atom is -0.315 e. The van der Waals surface area contributed by atoms with Crippen LogP contribution in [0.5, 0.6) is 0 Å². The molecule has 3 atom stereocenters. The van der Waals surface area contributed by atoms with Gasteiger partial charge in [0.25, 0.3) is 0 Å². The molecule has 0 bridgehead atoms. The Bertz CT molecular complexity index is 268. The fourth-order valence-corrected chi connectivity index (χ4v) is 4.54. The minimum atomic E-state index is 0.830. The molecule has 3 aliphatic rings. The Kier molecular flexibility index (Phi) is 4.81. The molecule has 0 aromatic rings. The molecular formula is C17H32N2. The first kappa shape index (κ1) is 13.9. The lowest BCUT2D eigenvalue weighted by atomic mass is 9.81. The van der Waals surface area contributed by atoms with Gasteiger partial charge in [-0.15, -0.1) is 0 Å². The van der Waals surface area contributed by atoms with Gasteiger partial charge in [0.05, 0.1) is 0 Å². The SMILES string of the molecule is CCCN(C1CCCNC1)C1CCCC(C2CC2)C1.